The van der Waals surface area contributed by atoms with Crippen LogP contribution >= 0.6 is 0 Å². The Kier molecular flexibility index (Phi) is 19.5. The van der Waals surface area contributed by atoms with Crippen LogP contribution in [0.1, 0.15) is 100 Å². The number of rotatable bonds is 20. The van der Waals surface area contributed by atoms with E-state index in [2.05, 4.69) is 41.9 Å². The first-order chi connectivity index (χ1) is 33.3. The van der Waals surface area contributed by atoms with Gasteiger partial charge in [-0.2, -0.15) is 0 Å². The molecule has 20 heteroatoms. The topological polar surface area (TPSA) is 267 Å². The van der Waals surface area contributed by atoms with E-state index in [0.29, 0.717) is 30.4 Å². The highest BCUT2D eigenvalue weighted by Gasteiger charge is 2.44. The first kappa shape index (κ1) is 53.7. The van der Waals surface area contributed by atoms with E-state index in [1.807, 2.05) is 0 Å². The number of amides is 8. The summed E-state index contributed by atoms with van der Waals surface area (Å²) in [6.45, 7) is 5.69. The lowest BCUT2D eigenvalue weighted by Crippen LogP contribution is -2.59. The van der Waals surface area contributed by atoms with E-state index in [0.717, 1.165) is 19.3 Å². The second kappa shape index (κ2) is 25.4. The van der Waals surface area contributed by atoms with Gasteiger partial charge in [0.15, 0.2) is 0 Å². The third-order valence-electron chi connectivity index (χ3n) is 12.0. The minimum absolute atomic E-state index is 0.0202. The predicted molar refractivity (Wildman–Crippen MR) is 256 cm³/mol. The van der Waals surface area contributed by atoms with Crippen LogP contribution in [0.5, 0.6) is 0 Å². The van der Waals surface area contributed by atoms with Crippen LogP contribution in [0.15, 0.2) is 79.3 Å². The number of carbonyl (C=O) groups is 9. The minimum Gasteiger partial charge on any atom is -0.444 e. The molecule has 1 saturated heterocycles. The molecule has 1 saturated carbocycles. The van der Waals surface area contributed by atoms with Crippen molar-refractivity contribution in [1.82, 2.24) is 51.7 Å². The molecule has 5 rings (SSSR count). The molecule has 2 aromatic carbocycles. The number of likely N-dealkylation sites (N-methyl/N-ethyl adjacent to an activating group) is 1. The molecule has 1 unspecified atom stereocenters. The van der Waals surface area contributed by atoms with E-state index in [1.54, 1.807) is 88.4 Å². The highest BCUT2D eigenvalue weighted by atomic mass is 16.6. The molecule has 3 aromatic rings. The fourth-order valence-electron chi connectivity index (χ4n) is 8.44. The maximum atomic E-state index is 14.6. The van der Waals surface area contributed by atoms with E-state index in [-0.39, 0.29) is 37.5 Å². The number of hydrogen-bond acceptors (Lipinski definition) is 12. The summed E-state index contributed by atoms with van der Waals surface area (Å²) in [5.74, 6) is -7.40. The van der Waals surface area contributed by atoms with Gasteiger partial charge in [-0.1, -0.05) is 93.3 Å². The molecule has 1 aromatic heterocycles. The average Bonchev–Trinajstić information content (AvgIpc) is 3.77. The van der Waals surface area contributed by atoms with Gasteiger partial charge in [0.2, 0.25) is 35.3 Å². The zero-order chi connectivity index (χ0) is 51.0. The normalized spacial score (nSPS) is 17.6. The molecule has 2 heterocycles. The van der Waals surface area contributed by atoms with Crippen LogP contribution in [-0.2, 0) is 44.7 Å². The van der Waals surface area contributed by atoms with E-state index in [4.69, 9.17) is 4.74 Å². The highest BCUT2D eigenvalue weighted by molar-refractivity contribution is 6.38. The van der Waals surface area contributed by atoms with Gasteiger partial charge in [0.05, 0.1) is 30.7 Å². The number of aromatic nitrogens is 2. The summed E-state index contributed by atoms with van der Waals surface area (Å²) in [5.41, 5.74) is 0.320. The molecule has 376 valence electrons. The van der Waals surface area contributed by atoms with Crippen molar-refractivity contribution in [3.05, 3.63) is 96.1 Å². The van der Waals surface area contributed by atoms with Gasteiger partial charge in [-0.05, 0) is 57.1 Å². The number of ketones is 1. The van der Waals surface area contributed by atoms with Crippen molar-refractivity contribution >= 4 is 53.2 Å². The zero-order valence-corrected chi connectivity index (χ0v) is 40.7. The Labute approximate surface area is 408 Å². The monoisotopic (exact) mass is 966 g/mol. The molecule has 70 heavy (non-hydrogen) atoms. The lowest BCUT2D eigenvalue weighted by atomic mass is 9.83. The molecule has 8 amide bonds. The number of benzene rings is 2. The Bertz CT molecular complexity index is 2310. The van der Waals surface area contributed by atoms with Crippen LogP contribution in [0.3, 0.4) is 0 Å². The summed E-state index contributed by atoms with van der Waals surface area (Å²) in [5, 5.41) is 16.2. The van der Waals surface area contributed by atoms with Gasteiger partial charge < -0.3 is 46.4 Å². The van der Waals surface area contributed by atoms with Gasteiger partial charge in [0.25, 0.3) is 11.8 Å². The van der Waals surface area contributed by atoms with E-state index < -0.39 is 101 Å². The molecule has 1 aliphatic carbocycles. The molecule has 0 radical (unpaired) electrons. The minimum atomic E-state index is -1.36. The molecule has 0 spiro atoms. The third kappa shape index (κ3) is 15.6. The quantitative estimate of drug-likeness (QED) is 0.0890. The highest BCUT2D eigenvalue weighted by Crippen LogP contribution is 2.28. The summed E-state index contributed by atoms with van der Waals surface area (Å²) >= 11 is 0. The maximum absolute atomic E-state index is 14.6. The van der Waals surface area contributed by atoms with Crippen molar-refractivity contribution in [2.45, 2.75) is 115 Å². The Balaban J connectivity index is 1.34. The Hall–Kier alpha value is -7.25. The summed E-state index contributed by atoms with van der Waals surface area (Å²) in [4.78, 5) is 134. The Morgan fingerprint density at radius 1 is 0.800 bits per heavy atom. The largest absolute Gasteiger partial charge is 0.444 e. The Morgan fingerprint density at radius 2 is 1.47 bits per heavy atom. The van der Waals surface area contributed by atoms with Crippen molar-refractivity contribution < 1.29 is 47.9 Å². The molecule has 2 fully saturated rings. The lowest BCUT2D eigenvalue weighted by molar-refractivity contribution is -0.141. The van der Waals surface area contributed by atoms with Crippen LogP contribution in [-0.4, -0.2) is 136 Å². The Morgan fingerprint density at radius 3 is 2.09 bits per heavy atom. The van der Waals surface area contributed by atoms with E-state index >= 15 is 0 Å². The second-order valence-corrected chi connectivity index (χ2v) is 18.8. The first-order valence-electron chi connectivity index (χ1n) is 23.7. The summed E-state index contributed by atoms with van der Waals surface area (Å²) in [6.07, 6.45) is 7.75. The molecular formula is C50H66N10O10. The van der Waals surface area contributed by atoms with Crippen LogP contribution < -0.4 is 31.9 Å². The van der Waals surface area contributed by atoms with Gasteiger partial charge in [0, 0.05) is 46.0 Å². The van der Waals surface area contributed by atoms with Crippen molar-refractivity contribution in [3.63, 3.8) is 0 Å². The molecule has 0 bridgehead atoms. The molecule has 6 N–H and O–H groups in total. The van der Waals surface area contributed by atoms with Crippen LogP contribution in [0.25, 0.3) is 0 Å². The number of ether oxygens (including phenoxy) is 1. The van der Waals surface area contributed by atoms with Crippen molar-refractivity contribution in [2.75, 3.05) is 33.7 Å². The third-order valence-corrected chi connectivity index (χ3v) is 12.0. The molecule has 20 nitrogen and oxygen atoms in total. The fraction of sp³-hybridized carbons (Fsp3) is 0.500. The number of likely N-dealkylation sites (tertiary alicyclic amines) is 1. The number of nitrogens with zero attached hydrogens (tertiary/aromatic N) is 4. The van der Waals surface area contributed by atoms with Gasteiger partial charge in [-0.3, -0.25) is 43.3 Å². The number of hydrogen-bond donors (Lipinski definition) is 6. The van der Waals surface area contributed by atoms with Crippen LogP contribution in [0.2, 0.25) is 0 Å². The molecule has 6 atom stereocenters. The molecular weight excluding hydrogens is 901 g/mol. The van der Waals surface area contributed by atoms with E-state index in [1.165, 1.54) is 42.5 Å². The standard InChI is InChI=1S/C50H66N10O10/c1-7-17-35(42(62)47(67)53-28-39(61)57-41(48(68)59(5)6)33-22-15-10-16-23-33)54-43(63)34-29-60(49(69)70-50(2,3)4)30-38(34)56-44(64)36(26-31-18-11-8-12-19-31)55-46(66)40(32-20-13-9-14-21-32)58-45(65)37-27-51-24-25-52-37/h8,10-12,15-16,18-19,22-25,27,32,34-36,38,40-41H,7,9,13-14,17,20-21,26,28-30H2,1-6H3,(H,53,67)(H,54,63)(H,55,66)(H,56,64)(H,57,61)(H,58,65)/t34-,35+,36?,38+,40+,41+/m1/s1. The first-order valence-corrected chi connectivity index (χ1v) is 23.7. The summed E-state index contributed by atoms with van der Waals surface area (Å²) in [6, 6.07) is 11.7. The zero-order valence-electron chi connectivity index (χ0n) is 40.7. The van der Waals surface area contributed by atoms with Gasteiger partial charge >= 0.3 is 6.09 Å². The maximum Gasteiger partial charge on any atom is 0.410 e. The smallest absolute Gasteiger partial charge is 0.410 e. The number of carbonyl (C=O) groups excluding carboxylic acids is 9. The van der Waals surface area contributed by atoms with Crippen LogP contribution in [0, 0.1) is 11.8 Å². The van der Waals surface area contributed by atoms with Crippen molar-refractivity contribution in [2.24, 2.45) is 11.8 Å². The molecule has 1 aliphatic heterocycles. The second-order valence-electron chi connectivity index (χ2n) is 18.8. The van der Waals surface area contributed by atoms with Crippen LogP contribution in [0.4, 0.5) is 4.79 Å². The number of Topliss-reactive ketones (excluding diaryl/α,β-unsaturated/α-hetero) is 1. The SMILES string of the molecule is CCC[C@H](NC(=O)[C@@H]1CN(C(=O)OC(C)(C)C)C[C@@H]1NC(=O)C(Cc1ccccc1)NC(=O)[C@@H](NC(=O)c1cnccn1)C1CCCCC1)C(=O)C(=O)NCC(=O)N[C@H](C(=O)N(C)C)c1ccccc1. The van der Waals surface area contributed by atoms with Gasteiger partial charge in [0.1, 0.15) is 29.4 Å². The van der Waals surface area contributed by atoms with Gasteiger partial charge in [-0.15, -0.1) is 0 Å². The van der Waals surface area contributed by atoms with Gasteiger partial charge in [-0.25, -0.2) is 9.78 Å². The number of nitrogens with one attached hydrogen (secondary N) is 6. The van der Waals surface area contributed by atoms with Crippen molar-refractivity contribution in [1.29, 1.82) is 0 Å². The fourth-order valence-corrected chi connectivity index (χ4v) is 8.44. The summed E-state index contributed by atoms with van der Waals surface area (Å²) in [7, 11) is 3.07. The average molecular weight is 967 g/mol. The summed E-state index contributed by atoms with van der Waals surface area (Å²) < 4.78 is 5.62. The van der Waals surface area contributed by atoms with Crippen molar-refractivity contribution in [3.8, 4) is 0 Å². The predicted octanol–water partition coefficient (Wildman–Crippen LogP) is 2.15. The van der Waals surface area contributed by atoms with E-state index in [9.17, 15) is 43.2 Å². The lowest BCUT2D eigenvalue weighted by Gasteiger charge is -2.31. The molecule has 2 aliphatic rings.